The number of nitrogen functional groups attached to an aromatic ring is 1. The van der Waals surface area contributed by atoms with Gasteiger partial charge in [0.25, 0.3) is 5.91 Å². The molecule has 15 nitrogen and oxygen atoms in total. The summed E-state index contributed by atoms with van der Waals surface area (Å²) >= 11 is 0. The number of methoxy groups -OCH3 is 1. The number of nitrogens with zero attached hydrogens (tertiary/aromatic N) is 7. The number of carbonyl (C=O) groups is 2. The van der Waals surface area contributed by atoms with E-state index in [2.05, 4.69) is 43.0 Å². The number of benzene rings is 1. The maximum atomic E-state index is 13.1. The van der Waals surface area contributed by atoms with E-state index in [1.807, 2.05) is 0 Å². The molecule has 1 unspecified atom stereocenters. The van der Waals surface area contributed by atoms with E-state index in [1.54, 1.807) is 24.3 Å². The molecule has 1 aromatic carbocycles. The summed E-state index contributed by atoms with van der Waals surface area (Å²) in [6, 6.07) is 8.18. The SMILES string of the molecule is COc1cc(/C=N\NC(=O)c2nnn(-c3nonc3N)c2CN2CCCCC2C)ccc1OC(=O)c1ccco1.Cl. The number of halogens is 1. The molecule has 0 bridgehead atoms. The fourth-order valence-corrected chi connectivity index (χ4v) is 4.32. The zero-order chi connectivity index (χ0) is 28.1. The van der Waals surface area contributed by atoms with E-state index in [0.717, 1.165) is 25.8 Å². The second-order valence-electron chi connectivity index (χ2n) is 9.06. The first-order valence-corrected chi connectivity index (χ1v) is 12.5. The minimum Gasteiger partial charge on any atom is -0.493 e. The molecular weight excluding hydrogens is 558 g/mol. The summed E-state index contributed by atoms with van der Waals surface area (Å²) in [5.41, 5.74) is 9.48. The molecule has 1 fully saturated rings. The van der Waals surface area contributed by atoms with Crippen LogP contribution in [0.5, 0.6) is 11.5 Å². The van der Waals surface area contributed by atoms with Crippen LogP contribution in [0.3, 0.4) is 0 Å². The number of rotatable bonds is 9. The Morgan fingerprint density at radius 2 is 2.10 bits per heavy atom. The molecule has 5 rings (SSSR count). The van der Waals surface area contributed by atoms with Gasteiger partial charge in [-0.05, 0) is 72.5 Å². The molecule has 1 saturated heterocycles. The summed E-state index contributed by atoms with van der Waals surface area (Å²) < 4.78 is 21.8. The number of piperidine rings is 1. The number of hydrazone groups is 1. The molecule has 0 saturated carbocycles. The molecule has 1 aliphatic rings. The van der Waals surface area contributed by atoms with E-state index < -0.39 is 11.9 Å². The highest BCUT2D eigenvalue weighted by molar-refractivity contribution is 5.94. The first-order valence-electron chi connectivity index (χ1n) is 12.5. The summed E-state index contributed by atoms with van der Waals surface area (Å²) in [5.74, 6) is -0.528. The van der Waals surface area contributed by atoms with Gasteiger partial charge in [0.2, 0.25) is 17.4 Å². The van der Waals surface area contributed by atoms with E-state index in [-0.39, 0.29) is 47.0 Å². The summed E-state index contributed by atoms with van der Waals surface area (Å²) in [4.78, 5) is 27.6. The Kier molecular flexibility index (Phi) is 9.31. The first kappa shape index (κ1) is 29.2. The van der Waals surface area contributed by atoms with Crippen molar-refractivity contribution in [3.05, 3.63) is 59.3 Å². The summed E-state index contributed by atoms with van der Waals surface area (Å²) in [5, 5.41) is 19.6. The third-order valence-electron chi connectivity index (χ3n) is 6.46. The van der Waals surface area contributed by atoms with E-state index in [9.17, 15) is 9.59 Å². The van der Waals surface area contributed by atoms with Crippen LogP contribution in [0.15, 0.2) is 50.7 Å². The third kappa shape index (κ3) is 6.53. The smallest absolute Gasteiger partial charge is 0.379 e. The predicted molar refractivity (Wildman–Crippen MR) is 146 cm³/mol. The topological polar surface area (TPSA) is 189 Å². The lowest BCUT2D eigenvalue weighted by atomic mass is 10.0. The maximum Gasteiger partial charge on any atom is 0.379 e. The molecule has 41 heavy (non-hydrogen) atoms. The minimum atomic E-state index is -0.664. The molecule has 4 heterocycles. The Bertz CT molecular complexity index is 1520. The van der Waals surface area contributed by atoms with Gasteiger partial charge < -0.3 is 19.6 Å². The van der Waals surface area contributed by atoms with Crippen molar-refractivity contribution in [2.24, 2.45) is 5.10 Å². The van der Waals surface area contributed by atoms with Gasteiger partial charge in [-0.15, -0.1) is 17.5 Å². The van der Waals surface area contributed by atoms with Gasteiger partial charge in [0.15, 0.2) is 17.2 Å². The van der Waals surface area contributed by atoms with Crippen molar-refractivity contribution in [2.45, 2.75) is 38.8 Å². The fraction of sp³-hybridized carbons (Fsp3) is 0.320. The summed E-state index contributed by atoms with van der Waals surface area (Å²) in [6.07, 6.45) is 6.03. The zero-order valence-electron chi connectivity index (χ0n) is 22.2. The van der Waals surface area contributed by atoms with Crippen molar-refractivity contribution in [2.75, 3.05) is 19.4 Å². The molecule has 0 spiro atoms. The summed E-state index contributed by atoms with van der Waals surface area (Å²) in [6.45, 7) is 3.40. The average molecular weight is 586 g/mol. The number of amides is 1. The van der Waals surface area contributed by atoms with Crippen molar-refractivity contribution in [1.82, 2.24) is 35.6 Å². The quantitative estimate of drug-likeness (QED) is 0.127. The lowest BCUT2D eigenvalue weighted by Crippen LogP contribution is -2.38. The van der Waals surface area contributed by atoms with Crippen LogP contribution >= 0.6 is 12.4 Å². The summed E-state index contributed by atoms with van der Waals surface area (Å²) in [7, 11) is 1.44. The number of anilines is 1. The van der Waals surface area contributed by atoms with Gasteiger partial charge in [0, 0.05) is 12.6 Å². The molecule has 16 heteroatoms. The number of furan rings is 1. The average Bonchev–Trinajstić information content (AvgIpc) is 3.72. The first-order chi connectivity index (χ1) is 19.4. The third-order valence-corrected chi connectivity index (χ3v) is 6.46. The Morgan fingerprint density at radius 3 is 2.80 bits per heavy atom. The molecule has 1 atom stereocenters. The second-order valence-corrected chi connectivity index (χ2v) is 9.06. The predicted octanol–water partition coefficient (Wildman–Crippen LogP) is 2.61. The van der Waals surface area contributed by atoms with Gasteiger partial charge in [-0.2, -0.15) is 9.78 Å². The molecule has 1 amide bonds. The van der Waals surface area contributed by atoms with Crippen LogP contribution in [-0.2, 0) is 6.54 Å². The maximum absolute atomic E-state index is 13.1. The number of aromatic nitrogens is 5. The second kappa shape index (κ2) is 13.1. The van der Waals surface area contributed by atoms with E-state index >= 15 is 0 Å². The number of nitrogens with two attached hydrogens (primary N) is 1. The van der Waals surface area contributed by atoms with Crippen molar-refractivity contribution >= 4 is 36.3 Å². The number of carbonyl (C=O) groups excluding carboxylic acids is 2. The highest BCUT2D eigenvalue weighted by Gasteiger charge is 2.28. The molecule has 0 aliphatic carbocycles. The van der Waals surface area contributed by atoms with Crippen LogP contribution in [-0.4, -0.2) is 68.0 Å². The van der Waals surface area contributed by atoms with Crippen LogP contribution in [0, 0.1) is 0 Å². The number of likely N-dealkylation sites (tertiary alicyclic amines) is 1. The highest BCUT2D eigenvalue weighted by atomic mass is 35.5. The normalized spacial score (nSPS) is 15.4. The van der Waals surface area contributed by atoms with Crippen LogP contribution in [0.2, 0.25) is 0 Å². The van der Waals surface area contributed by atoms with Crippen molar-refractivity contribution in [3.63, 3.8) is 0 Å². The minimum absolute atomic E-state index is 0. The number of nitrogens with one attached hydrogen (secondary N) is 1. The van der Waals surface area contributed by atoms with Crippen molar-refractivity contribution in [1.29, 1.82) is 0 Å². The monoisotopic (exact) mass is 585 g/mol. The zero-order valence-corrected chi connectivity index (χ0v) is 23.0. The van der Waals surface area contributed by atoms with Gasteiger partial charge in [0.1, 0.15) is 0 Å². The Labute approximate surface area is 240 Å². The molecule has 0 radical (unpaired) electrons. The Balaban J connectivity index is 0.00000387. The van der Waals surface area contributed by atoms with Gasteiger partial charge in [0.05, 0.1) is 25.3 Å². The number of hydrogen-bond donors (Lipinski definition) is 2. The van der Waals surface area contributed by atoms with E-state index in [0.29, 0.717) is 23.8 Å². The van der Waals surface area contributed by atoms with Gasteiger partial charge >= 0.3 is 5.97 Å². The molecule has 4 aromatic rings. The molecule has 3 aromatic heterocycles. The molecule has 1 aliphatic heterocycles. The Morgan fingerprint density at radius 1 is 1.24 bits per heavy atom. The van der Waals surface area contributed by atoms with Gasteiger partial charge in [-0.3, -0.25) is 9.69 Å². The van der Waals surface area contributed by atoms with E-state index in [4.69, 9.17) is 24.3 Å². The lowest BCUT2D eigenvalue weighted by Gasteiger charge is -2.33. The van der Waals surface area contributed by atoms with Gasteiger partial charge in [-0.25, -0.2) is 14.8 Å². The number of hydrogen-bond acceptors (Lipinski definition) is 13. The van der Waals surface area contributed by atoms with Crippen LogP contribution < -0.4 is 20.6 Å². The van der Waals surface area contributed by atoms with Crippen LogP contribution in [0.25, 0.3) is 5.82 Å². The Hall–Kier alpha value is -4.76. The molecular formula is C25H28ClN9O6. The highest BCUT2D eigenvalue weighted by Crippen LogP contribution is 2.28. The van der Waals surface area contributed by atoms with Crippen LogP contribution in [0.4, 0.5) is 5.82 Å². The van der Waals surface area contributed by atoms with Crippen molar-refractivity contribution < 1.29 is 28.1 Å². The van der Waals surface area contributed by atoms with Gasteiger partial charge in [-0.1, -0.05) is 11.6 Å². The number of ether oxygens (including phenoxy) is 2. The fourth-order valence-electron chi connectivity index (χ4n) is 4.32. The van der Waals surface area contributed by atoms with Crippen molar-refractivity contribution in [3.8, 4) is 17.3 Å². The standard InChI is InChI=1S/C25H27N9O6.ClH/c1-15-6-3-4-10-33(15)14-17-21(28-32-34(17)23-22(26)30-40-31-23)24(35)29-27-13-16-8-9-18(20(12-16)37-2)39-25(36)19-7-5-11-38-19;/h5,7-9,11-13,15H,3-4,6,10,14H2,1-2H3,(H2,26,30)(H,29,35);1H/b27-13-;. The van der Waals surface area contributed by atoms with Crippen LogP contribution in [0.1, 0.15) is 58.5 Å². The lowest BCUT2D eigenvalue weighted by molar-refractivity contribution is 0.0696. The molecule has 3 N–H and O–H groups in total. The largest absolute Gasteiger partial charge is 0.493 e. The number of esters is 1. The van der Waals surface area contributed by atoms with E-state index in [1.165, 1.54) is 30.3 Å². The molecule has 216 valence electrons.